The molecule has 0 aromatic heterocycles. The second-order valence-corrected chi connectivity index (χ2v) is 5.70. The SMILES string of the molecule is CCOCC(C)NS(=O)(=O)c1cccc(CO)c1. The van der Waals surface area contributed by atoms with E-state index in [4.69, 9.17) is 9.84 Å². The molecule has 0 saturated heterocycles. The highest BCUT2D eigenvalue weighted by Gasteiger charge is 2.17. The van der Waals surface area contributed by atoms with Gasteiger partial charge in [0.1, 0.15) is 0 Å². The normalized spacial score (nSPS) is 13.5. The van der Waals surface area contributed by atoms with E-state index in [0.717, 1.165) is 0 Å². The lowest BCUT2D eigenvalue weighted by Crippen LogP contribution is -2.35. The average Bonchev–Trinajstić information content (AvgIpc) is 2.36. The van der Waals surface area contributed by atoms with Crippen LogP contribution in [0.15, 0.2) is 29.2 Å². The lowest BCUT2D eigenvalue weighted by Gasteiger charge is -2.14. The third-order valence-corrected chi connectivity index (χ3v) is 3.91. The van der Waals surface area contributed by atoms with Gasteiger partial charge in [-0.15, -0.1) is 0 Å². The van der Waals surface area contributed by atoms with Gasteiger partial charge in [0.2, 0.25) is 10.0 Å². The number of benzene rings is 1. The van der Waals surface area contributed by atoms with Gasteiger partial charge >= 0.3 is 0 Å². The predicted molar refractivity (Wildman–Crippen MR) is 68.6 cm³/mol. The Hall–Kier alpha value is -0.950. The van der Waals surface area contributed by atoms with Gasteiger partial charge < -0.3 is 9.84 Å². The molecular formula is C12H19NO4S. The van der Waals surface area contributed by atoms with Crippen LogP contribution in [-0.2, 0) is 21.4 Å². The van der Waals surface area contributed by atoms with Crippen molar-refractivity contribution in [3.05, 3.63) is 29.8 Å². The first-order valence-corrected chi connectivity index (χ1v) is 7.27. The van der Waals surface area contributed by atoms with Crippen LogP contribution in [0.25, 0.3) is 0 Å². The van der Waals surface area contributed by atoms with E-state index in [0.29, 0.717) is 18.8 Å². The van der Waals surface area contributed by atoms with E-state index in [1.807, 2.05) is 6.92 Å². The first kappa shape index (κ1) is 15.1. The highest BCUT2D eigenvalue weighted by atomic mass is 32.2. The van der Waals surface area contributed by atoms with Crippen LogP contribution in [-0.4, -0.2) is 32.8 Å². The van der Waals surface area contributed by atoms with Gasteiger partial charge in [-0.05, 0) is 31.5 Å². The van der Waals surface area contributed by atoms with Gasteiger partial charge in [-0.3, -0.25) is 0 Å². The maximum Gasteiger partial charge on any atom is 0.240 e. The maximum absolute atomic E-state index is 12.0. The number of aliphatic hydroxyl groups is 1. The fourth-order valence-corrected chi connectivity index (χ4v) is 2.77. The molecule has 0 radical (unpaired) electrons. The van der Waals surface area contributed by atoms with Crippen molar-refractivity contribution in [2.75, 3.05) is 13.2 Å². The monoisotopic (exact) mass is 273 g/mol. The number of rotatable bonds is 7. The van der Waals surface area contributed by atoms with Crippen LogP contribution in [0, 0.1) is 0 Å². The number of sulfonamides is 1. The Bertz CT molecular complexity index is 473. The van der Waals surface area contributed by atoms with Gasteiger partial charge in [0.05, 0.1) is 18.1 Å². The van der Waals surface area contributed by atoms with Crippen LogP contribution in [0.1, 0.15) is 19.4 Å². The number of hydrogen-bond donors (Lipinski definition) is 2. The molecule has 1 aromatic carbocycles. The van der Waals surface area contributed by atoms with Crippen LogP contribution < -0.4 is 4.72 Å². The molecule has 0 saturated carbocycles. The lowest BCUT2D eigenvalue weighted by atomic mass is 10.2. The molecule has 0 fully saturated rings. The highest BCUT2D eigenvalue weighted by Crippen LogP contribution is 2.12. The van der Waals surface area contributed by atoms with E-state index in [1.165, 1.54) is 12.1 Å². The summed E-state index contributed by atoms with van der Waals surface area (Å²) in [6, 6.07) is 5.92. The van der Waals surface area contributed by atoms with Crippen molar-refractivity contribution in [3.8, 4) is 0 Å². The molecule has 0 aliphatic rings. The Morgan fingerprint density at radius 1 is 1.44 bits per heavy atom. The molecule has 1 aromatic rings. The van der Waals surface area contributed by atoms with Crippen molar-refractivity contribution in [2.45, 2.75) is 31.4 Å². The number of nitrogens with one attached hydrogen (secondary N) is 1. The van der Waals surface area contributed by atoms with Crippen molar-refractivity contribution in [3.63, 3.8) is 0 Å². The topological polar surface area (TPSA) is 75.6 Å². The molecule has 1 atom stereocenters. The quantitative estimate of drug-likeness (QED) is 0.773. The molecule has 0 aliphatic heterocycles. The summed E-state index contributed by atoms with van der Waals surface area (Å²) in [6.07, 6.45) is 0. The second-order valence-electron chi connectivity index (χ2n) is 3.99. The lowest BCUT2D eigenvalue weighted by molar-refractivity contribution is 0.133. The molecule has 5 nitrogen and oxygen atoms in total. The van der Waals surface area contributed by atoms with Crippen LogP contribution in [0.4, 0.5) is 0 Å². The predicted octanol–water partition coefficient (Wildman–Crippen LogP) is 0.882. The molecule has 1 unspecified atom stereocenters. The van der Waals surface area contributed by atoms with Gasteiger partial charge in [0.15, 0.2) is 0 Å². The van der Waals surface area contributed by atoms with E-state index in [-0.39, 0.29) is 17.5 Å². The number of aliphatic hydroxyl groups excluding tert-OH is 1. The summed E-state index contributed by atoms with van der Waals surface area (Å²) in [5.74, 6) is 0. The molecular weight excluding hydrogens is 254 g/mol. The molecule has 0 bridgehead atoms. The Labute approximate surface area is 108 Å². The smallest absolute Gasteiger partial charge is 0.240 e. The van der Waals surface area contributed by atoms with Gasteiger partial charge in [-0.2, -0.15) is 0 Å². The largest absolute Gasteiger partial charge is 0.392 e. The molecule has 0 amide bonds. The minimum atomic E-state index is -3.56. The minimum absolute atomic E-state index is 0.150. The fourth-order valence-electron chi connectivity index (χ4n) is 1.47. The molecule has 1 rings (SSSR count). The summed E-state index contributed by atoms with van der Waals surface area (Å²) in [7, 11) is -3.56. The van der Waals surface area contributed by atoms with Crippen LogP contribution in [0.5, 0.6) is 0 Å². The zero-order chi connectivity index (χ0) is 13.6. The van der Waals surface area contributed by atoms with Gasteiger partial charge in [0.25, 0.3) is 0 Å². The van der Waals surface area contributed by atoms with E-state index in [2.05, 4.69) is 4.72 Å². The van der Waals surface area contributed by atoms with Crippen LogP contribution in [0.2, 0.25) is 0 Å². The summed E-state index contributed by atoms with van der Waals surface area (Å²) in [4.78, 5) is 0.150. The highest BCUT2D eigenvalue weighted by molar-refractivity contribution is 7.89. The summed E-state index contributed by atoms with van der Waals surface area (Å²) in [5.41, 5.74) is 0.565. The zero-order valence-electron chi connectivity index (χ0n) is 10.6. The van der Waals surface area contributed by atoms with Crippen molar-refractivity contribution in [2.24, 2.45) is 0 Å². The van der Waals surface area contributed by atoms with E-state index in [1.54, 1.807) is 19.1 Å². The zero-order valence-corrected chi connectivity index (χ0v) is 11.4. The van der Waals surface area contributed by atoms with Gasteiger partial charge in [0, 0.05) is 12.6 Å². The molecule has 0 heterocycles. The minimum Gasteiger partial charge on any atom is -0.392 e. The Morgan fingerprint density at radius 2 is 2.17 bits per heavy atom. The molecule has 18 heavy (non-hydrogen) atoms. The van der Waals surface area contributed by atoms with E-state index >= 15 is 0 Å². The molecule has 0 spiro atoms. The summed E-state index contributed by atoms with van der Waals surface area (Å²) in [5, 5.41) is 8.99. The standard InChI is InChI=1S/C12H19NO4S/c1-3-17-9-10(2)13-18(15,16)12-6-4-5-11(7-12)8-14/h4-7,10,13-14H,3,8-9H2,1-2H3. The van der Waals surface area contributed by atoms with Gasteiger partial charge in [-0.25, -0.2) is 13.1 Å². The van der Waals surface area contributed by atoms with Crippen molar-refractivity contribution in [1.29, 1.82) is 0 Å². The third kappa shape index (κ3) is 4.38. The first-order valence-electron chi connectivity index (χ1n) is 5.79. The molecule has 102 valence electrons. The molecule has 0 aliphatic carbocycles. The molecule has 6 heteroatoms. The van der Waals surface area contributed by atoms with Crippen LogP contribution >= 0.6 is 0 Å². The van der Waals surface area contributed by atoms with Crippen molar-refractivity contribution in [1.82, 2.24) is 4.72 Å². The summed E-state index contributed by atoms with van der Waals surface area (Å²) < 4.78 is 31.7. The number of hydrogen-bond acceptors (Lipinski definition) is 4. The van der Waals surface area contributed by atoms with E-state index in [9.17, 15) is 8.42 Å². The third-order valence-electron chi connectivity index (χ3n) is 2.32. The molecule has 2 N–H and O–H groups in total. The average molecular weight is 273 g/mol. The second kappa shape index (κ2) is 6.84. The summed E-state index contributed by atoms with van der Waals surface area (Å²) >= 11 is 0. The van der Waals surface area contributed by atoms with Gasteiger partial charge in [-0.1, -0.05) is 12.1 Å². The first-order chi connectivity index (χ1) is 8.49. The van der Waals surface area contributed by atoms with Crippen molar-refractivity contribution >= 4 is 10.0 Å². The summed E-state index contributed by atoms with van der Waals surface area (Å²) in [6.45, 7) is 4.29. The fraction of sp³-hybridized carbons (Fsp3) is 0.500. The Morgan fingerprint density at radius 3 is 2.78 bits per heavy atom. The Kier molecular flexibility index (Phi) is 5.74. The number of ether oxygens (including phenoxy) is 1. The van der Waals surface area contributed by atoms with E-state index < -0.39 is 10.0 Å². The maximum atomic E-state index is 12.0. The van der Waals surface area contributed by atoms with Crippen molar-refractivity contribution < 1.29 is 18.3 Å². The van der Waals surface area contributed by atoms with Crippen LogP contribution in [0.3, 0.4) is 0 Å². The Balaban J connectivity index is 2.79.